The second kappa shape index (κ2) is 6.49. The van der Waals surface area contributed by atoms with Crippen LogP contribution in [0.4, 0.5) is 13.2 Å². The quantitative estimate of drug-likeness (QED) is 0.632. The Kier molecular flexibility index (Phi) is 5.24. The van der Waals surface area contributed by atoms with E-state index in [1.54, 1.807) is 21.9 Å². The molecule has 1 aromatic carbocycles. The van der Waals surface area contributed by atoms with Crippen LogP contribution in [0.1, 0.15) is 5.56 Å². The molecule has 0 spiro atoms. The van der Waals surface area contributed by atoms with Crippen LogP contribution in [0.2, 0.25) is 0 Å². The van der Waals surface area contributed by atoms with E-state index >= 15 is 0 Å². The van der Waals surface area contributed by atoms with Gasteiger partial charge in [-0.25, -0.2) is 4.99 Å². The number of halogens is 3. The lowest BCUT2D eigenvalue weighted by Gasteiger charge is -2.22. The van der Waals surface area contributed by atoms with Crippen molar-refractivity contribution in [2.24, 2.45) is 4.99 Å². The van der Waals surface area contributed by atoms with Crippen LogP contribution in [0.3, 0.4) is 0 Å². The van der Waals surface area contributed by atoms with Gasteiger partial charge in [0, 0.05) is 33.8 Å². The Balaban J connectivity index is 2.95. The van der Waals surface area contributed by atoms with Crippen LogP contribution in [-0.4, -0.2) is 50.3 Å². The van der Waals surface area contributed by atoms with E-state index in [-0.39, 0.29) is 12.3 Å². The molecule has 0 heterocycles. The van der Waals surface area contributed by atoms with Gasteiger partial charge in [-0.1, -0.05) is 18.2 Å². The van der Waals surface area contributed by atoms with Gasteiger partial charge in [-0.2, -0.15) is 0 Å². The van der Waals surface area contributed by atoms with Crippen molar-refractivity contribution in [1.82, 2.24) is 9.80 Å². The second-order valence-corrected chi connectivity index (χ2v) is 4.56. The minimum atomic E-state index is -4.70. The van der Waals surface area contributed by atoms with E-state index in [1.165, 1.54) is 12.1 Å². The molecule has 0 aliphatic rings. The molecule has 0 aliphatic heterocycles. The van der Waals surface area contributed by atoms with Crippen LogP contribution in [0.15, 0.2) is 29.3 Å². The maximum atomic E-state index is 12.3. The molecule has 0 saturated carbocycles. The van der Waals surface area contributed by atoms with Crippen LogP contribution < -0.4 is 4.74 Å². The molecule has 0 aliphatic carbocycles. The van der Waals surface area contributed by atoms with Crippen molar-refractivity contribution in [2.45, 2.75) is 12.9 Å². The number of alkyl halides is 3. The fraction of sp³-hybridized carbons (Fsp3) is 0.462. The number of hydrogen-bond acceptors (Lipinski definition) is 2. The van der Waals surface area contributed by atoms with Crippen molar-refractivity contribution >= 4 is 5.96 Å². The molecular weight excluding hydrogens is 271 g/mol. The number of hydrogen-bond donors (Lipinski definition) is 0. The molecule has 1 aromatic rings. The molecule has 0 N–H and O–H groups in total. The lowest BCUT2D eigenvalue weighted by atomic mass is 10.2. The maximum absolute atomic E-state index is 12.3. The first-order valence-electron chi connectivity index (χ1n) is 5.93. The van der Waals surface area contributed by atoms with E-state index in [0.717, 1.165) is 0 Å². The average Bonchev–Trinajstić information content (AvgIpc) is 2.28. The van der Waals surface area contributed by atoms with Crippen molar-refractivity contribution in [3.05, 3.63) is 29.8 Å². The van der Waals surface area contributed by atoms with E-state index in [2.05, 4.69) is 9.73 Å². The predicted octanol–water partition coefficient (Wildman–Crippen LogP) is 2.56. The average molecular weight is 289 g/mol. The summed E-state index contributed by atoms with van der Waals surface area (Å²) in [4.78, 5) is 7.87. The number of guanidine groups is 1. The highest BCUT2D eigenvalue weighted by Gasteiger charge is 2.31. The Morgan fingerprint density at radius 2 is 1.65 bits per heavy atom. The van der Waals surface area contributed by atoms with Crippen molar-refractivity contribution in [3.8, 4) is 5.75 Å². The Morgan fingerprint density at radius 1 is 1.10 bits per heavy atom. The van der Waals surface area contributed by atoms with Gasteiger partial charge in [0.05, 0.1) is 6.54 Å². The second-order valence-electron chi connectivity index (χ2n) is 4.56. The first kappa shape index (κ1) is 16.1. The van der Waals surface area contributed by atoms with Crippen LogP contribution >= 0.6 is 0 Å². The fourth-order valence-electron chi connectivity index (χ4n) is 1.70. The van der Waals surface area contributed by atoms with Gasteiger partial charge in [-0.05, 0) is 6.07 Å². The fourth-order valence-corrected chi connectivity index (χ4v) is 1.70. The topological polar surface area (TPSA) is 28.1 Å². The molecule has 0 amide bonds. The zero-order chi connectivity index (χ0) is 15.3. The van der Waals surface area contributed by atoms with E-state index < -0.39 is 6.36 Å². The van der Waals surface area contributed by atoms with Gasteiger partial charge in [0.15, 0.2) is 5.96 Å². The number of ether oxygens (including phenoxy) is 1. The van der Waals surface area contributed by atoms with Gasteiger partial charge in [0.25, 0.3) is 0 Å². The van der Waals surface area contributed by atoms with Crippen molar-refractivity contribution in [3.63, 3.8) is 0 Å². The summed E-state index contributed by atoms with van der Waals surface area (Å²) in [5, 5.41) is 0. The van der Waals surface area contributed by atoms with Gasteiger partial charge in [0.2, 0.25) is 0 Å². The summed E-state index contributed by atoms with van der Waals surface area (Å²) < 4.78 is 40.9. The van der Waals surface area contributed by atoms with Gasteiger partial charge >= 0.3 is 6.36 Å². The third-order valence-electron chi connectivity index (χ3n) is 2.39. The number of benzene rings is 1. The minimum absolute atomic E-state index is 0.109. The largest absolute Gasteiger partial charge is 0.573 e. The lowest BCUT2D eigenvalue weighted by molar-refractivity contribution is -0.274. The lowest BCUT2D eigenvalue weighted by Crippen LogP contribution is -2.35. The molecule has 0 aromatic heterocycles. The van der Waals surface area contributed by atoms with Crippen molar-refractivity contribution < 1.29 is 17.9 Å². The highest BCUT2D eigenvalue weighted by atomic mass is 19.4. The molecular formula is C13H18F3N3O. The van der Waals surface area contributed by atoms with E-state index in [9.17, 15) is 13.2 Å². The molecule has 7 heteroatoms. The number of rotatable bonds is 3. The Hall–Kier alpha value is -1.92. The summed E-state index contributed by atoms with van der Waals surface area (Å²) in [6, 6.07) is 5.99. The van der Waals surface area contributed by atoms with Crippen LogP contribution in [-0.2, 0) is 6.54 Å². The third-order valence-corrected chi connectivity index (χ3v) is 2.39. The molecule has 112 valence electrons. The zero-order valence-electron chi connectivity index (χ0n) is 11.9. The first-order valence-corrected chi connectivity index (χ1v) is 5.93. The van der Waals surface area contributed by atoms with Gasteiger partial charge < -0.3 is 14.5 Å². The van der Waals surface area contributed by atoms with Gasteiger partial charge in [-0.15, -0.1) is 13.2 Å². The predicted molar refractivity (Wildman–Crippen MR) is 71.6 cm³/mol. The molecule has 1 rings (SSSR count). The summed E-state index contributed by atoms with van der Waals surface area (Å²) in [5.41, 5.74) is 0.381. The van der Waals surface area contributed by atoms with E-state index in [0.29, 0.717) is 11.5 Å². The van der Waals surface area contributed by atoms with Crippen LogP contribution in [0.5, 0.6) is 5.75 Å². The number of para-hydroxylation sites is 1. The third kappa shape index (κ3) is 4.99. The van der Waals surface area contributed by atoms with Crippen molar-refractivity contribution in [1.29, 1.82) is 0 Å². The molecule has 0 bridgehead atoms. The SMILES string of the molecule is CN(C)C(=NCc1ccccc1OC(F)(F)F)N(C)C. The summed E-state index contributed by atoms with van der Waals surface area (Å²) in [6.45, 7) is 0.109. The summed E-state index contributed by atoms with van der Waals surface area (Å²) in [5.74, 6) is 0.437. The normalized spacial score (nSPS) is 10.9. The molecule has 0 atom stereocenters. The van der Waals surface area contributed by atoms with Crippen LogP contribution in [0, 0.1) is 0 Å². The molecule has 4 nitrogen and oxygen atoms in total. The molecule has 0 unspecified atom stereocenters. The highest BCUT2D eigenvalue weighted by molar-refractivity contribution is 5.79. The Labute approximate surface area is 116 Å². The smallest absolute Gasteiger partial charge is 0.405 e. The highest BCUT2D eigenvalue weighted by Crippen LogP contribution is 2.26. The summed E-state index contributed by atoms with van der Waals surface area (Å²) >= 11 is 0. The molecule has 20 heavy (non-hydrogen) atoms. The van der Waals surface area contributed by atoms with E-state index in [1.807, 2.05) is 28.2 Å². The van der Waals surface area contributed by atoms with Gasteiger partial charge in [0.1, 0.15) is 5.75 Å². The minimum Gasteiger partial charge on any atom is -0.405 e. The summed E-state index contributed by atoms with van der Waals surface area (Å²) in [7, 11) is 7.27. The van der Waals surface area contributed by atoms with E-state index in [4.69, 9.17) is 0 Å². The molecule has 0 radical (unpaired) electrons. The number of nitrogens with zero attached hydrogens (tertiary/aromatic N) is 3. The molecule has 0 saturated heterocycles. The van der Waals surface area contributed by atoms with Crippen molar-refractivity contribution in [2.75, 3.05) is 28.2 Å². The Bertz CT molecular complexity index is 460. The molecule has 0 fully saturated rings. The monoisotopic (exact) mass is 289 g/mol. The number of aliphatic imine (C=N–C) groups is 1. The summed E-state index contributed by atoms with van der Waals surface area (Å²) in [6.07, 6.45) is -4.70. The maximum Gasteiger partial charge on any atom is 0.573 e. The standard InChI is InChI=1S/C13H18F3N3O/c1-18(2)12(19(3)4)17-9-10-7-5-6-8-11(10)20-13(14,15)16/h5-8H,9H2,1-4H3. The first-order chi connectivity index (χ1) is 9.20. The van der Waals surface area contributed by atoms with Gasteiger partial charge in [-0.3, -0.25) is 0 Å². The van der Waals surface area contributed by atoms with Crippen LogP contribution in [0.25, 0.3) is 0 Å². The Morgan fingerprint density at radius 3 is 2.15 bits per heavy atom. The zero-order valence-corrected chi connectivity index (χ0v) is 11.9.